The first kappa shape index (κ1) is 22.6. The van der Waals surface area contributed by atoms with Crippen LogP contribution in [-0.2, 0) is 16.4 Å². The lowest BCUT2D eigenvalue weighted by atomic mass is 10.1. The number of H-pyrrole nitrogens is 1. The van der Waals surface area contributed by atoms with E-state index in [0.717, 1.165) is 41.8 Å². The molecule has 30 heavy (non-hydrogen) atoms. The Labute approximate surface area is 178 Å². The summed E-state index contributed by atoms with van der Waals surface area (Å²) in [5, 5.41) is 7.59. The first-order valence-electron chi connectivity index (χ1n) is 10.7. The van der Waals surface area contributed by atoms with Gasteiger partial charge >= 0.3 is 0 Å². The standard InChI is InChI=1S/C21H32FN5O2S/c1-3-13-30(28,29)27-11-8-18(9-12-27)26-21(23-4-2)24-10-7-16-15-25-20-6-5-17(22)14-19(16)20/h5-6,14-15,18,25H,3-4,7-13H2,1-2H3,(H2,23,24,26). The molecule has 0 radical (unpaired) electrons. The van der Waals surface area contributed by atoms with Crippen LogP contribution in [0.15, 0.2) is 29.4 Å². The highest BCUT2D eigenvalue weighted by atomic mass is 32.2. The zero-order chi connectivity index (χ0) is 21.6. The molecule has 1 aliphatic rings. The molecule has 0 aliphatic carbocycles. The summed E-state index contributed by atoms with van der Waals surface area (Å²) < 4.78 is 39.6. The van der Waals surface area contributed by atoms with E-state index in [0.29, 0.717) is 32.5 Å². The third kappa shape index (κ3) is 5.72. The number of aromatic amines is 1. The number of hydrogen-bond donors (Lipinski definition) is 3. The molecular weight excluding hydrogens is 405 g/mol. The largest absolute Gasteiger partial charge is 0.361 e. The quantitative estimate of drug-likeness (QED) is 0.437. The van der Waals surface area contributed by atoms with E-state index >= 15 is 0 Å². The van der Waals surface area contributed by atoms with Gasteiger partial charge in [-0.25, -0.2) is 17.1 Å². The van der Waals surface area contributed by atoms with Gasteiger partial charge in [-0.05, 0) is 56.4 Å². The third-order valence-corrected chi connectivity index (χ3v) is 7.45. The number of nitrogens with one attached hydrogen (secondary N) is 3. The van der Waals surface area contributed by atoms with Gasteiger partial charge in [0.2, 0.25) is 10.0 Å². The molecule has 9 heteroatoms. The number of fused-ring (bicyclic) bond motifs is 1. The minimum atomic E-state index is -3.13. The van der Waals surface area contributed by atoms with Crippen molar-refractivity contribution in [2.45, 2.75) is 45.6 Å². The highest BCUT2D eigenvalue weighted by molar-refractivity contribution is 7.89. The zero-order valence-corrected chi connectivity index (χ0v) is 18.6. The van der Waals surface area contributed by atoms with E-state index < -0.39 is 10.0 Å². The van der Waals surface area contributed by atoms with Gasteiger partial charge in [0.05, 0.1) is 5.75 Å². The highest BCUT2D eigenvalue weighted by Crippen LogP contribution is 2.20. The average molecular weight is 438 g/mol. The van der Waals surface area contributed by atoms with Crippen LogP contribution in [0, 0.1) is 5.82 Å². The molecule has 0 bridgehead atoms. The van der Waals surface area contributed by atoms with E-state index in [9.17, 15) is 12.8 Å². The van der Waals surface area contributed by atoms with Crippen molar-refractivity contribution in [3.63, 3.8) is 0 Å². The minimum Gasteiger partial charge on any atom is -0.361 e. The Morgan fingerprint density at radius 3 is 2.77 bits per heavy atom. The van der Waals surface area contributed by atoms with Crippen LogP contribution >= 0.6 is 0 Å². The Hall–Kier alpha value is -2.13. The molecule has 3 rings (SSSR count). The number of hydrogen-bond acceptors (Lipinski definition) is 3. The number of nitrogens with zero attached hydrogens (tertiary/aromatic N) is 2. The number of aliphatic imine (C=N–C) groups is 1. The molecule has 3 N–H and O–H groups in total. The molecule has 7 nitrogen and oxygen atoms in total. The second-order valence-electron chi connectivity index (χ2n) is 7.65. The van der Waals surface area contributed by atoms with Crippen LogP contribution in [0.4, 0.5) is 4.39 Å². The maximum absolute atomic E-state index is 13.5. The van der Waals surface area contributed by atoms with E-state index in [1.165, 1.54) is 6.07 Å². The van der Waals surface area contributed by atoms with Crippen LogP contribution in [0.1, 0.15) is 38.7 Å². The molecule has 2 aromatic rings. The summed E-state index contributed by atoms with van der Waals surface area (Å²) in [6.07, 6.45) is 4.77. The van der Waals surface area contributed by atoms with E-state index in [4.69, 9.17) is 0 Å². The number of piperidine rings is 1. The van der Waals surface area contributed by atoms with Gasteiger partial charge in [-0.3, -0.25) is 4.99 Å². The monoisotopic (exact) mass is 437 g/mol. The van der Waals surface area contributed by atoms with Gasteiger partial charge in [0, 0.05) is 49.3 Å². The van der Waals surface area contributed by atoms with Crippen LogP contribution in [0.25, 0.3) is 10.9 Å². The van der Waals surface area contributed by atoms with E-state index in [2.05, 4.69) is 20.6 Å². The molecule has 1 aromatic carbocycles. The first-order valence-corrected chi connectivity index (χ1v) is 12.3. The summed E-state index contributed by atoms with van der Waals surface area (Å²) in [6.45, 7) is 6.30. The molecule has 2 heterocycles. The number of guanidine groups is 1. The molecule has 0 unspecified atom stereocenters. The topological polar surface area (TPSA) is 89.6 Å². The number of rotatable bonds is 8. The Kier molecular flexibility index (Phi) is 7.71. The van der Waals surface area contributed by atoms with Crippen molar-refractivity contribution in [2.24, 2.45) is 4.99 Å². The van der Waals surface area contributed by atoms with Gasteiger partial charge in [0.25, 0.3) is 0 Å². The molecule has 0 atom stereocenters. The van der Waals surface area contributed by atoms with Crippen LogP contribution < -0.4 is 10.6 Å². The molecule has 0 amide bonds. The van der Waals surface area contributed by atoms with Crippen LogP contribution in [0.3, 0.4) is 0 Å². The second kappa shape index (κ2) is 10.3. The Morgan fingerprint density at radius 1 is 1.30 bits per heavy atom. The van der Waals surface area contributed by atoms with E-state index in [-0.39, 0.29) is 17.6 Å². The van der Waals surface area contributed by atoms with Crippen molar-refractivity contribution in [2.75, 3.05) is 31.9 Å². The summed E-state index contributed by atoms with van der Waals surface area (Å²) in [4.78, 5) is 7.83. The Balaban J connectivity index is 1.55. The SMILES string of the molecule is CCCS(=O)(=O)N1CCC(NC(=NCCc2c[nH]c3ccc(F)cc23)NCC)CC1. The van der Waals surface area contributed by atoms with Gasteiger partial charge in [-0.15, -0.1) is 0 Å². The van der Waals surface area contributed by atoms with Crippen LogP contribution in [-0.4, -0.2) is 61.6 Å². The van der Waals surface area contributed by atoms with Gasteiger partial charge in [-0.1, -0.05) is 6.92 Å². The van der Waals surface area contributed by atoms with Crippen molar-refractivity contribution in [1.82, 2.24) is 19.9 Å². The van der Waals surface area contributed by atoms with Crippen molar-refractivity contribution in [1.29, 1.82) is 0 Å². The van der Waals surface area contributed by atoms with E-state index in [1.54, 1.807) is 16.4 Å². The smallest absolute Gasteiger partial charge is 0.214 e. The van der Waals surface area contributed by atoms with E-state index in [1.807, 2.05) is 20.0 Å². The fourth-order valence-corrected chi connectivity index (χ4v) is 5.37. The van der Waals surface area contributed by atoms with Gasteiger partial charge in [0.15, 0.2) is 5.96 Å². The number of benzene rings is 1. The third-order valence-electron chi connectivity index (χ3n) is 5.37. The molecule has 0 saturated carbocycles. The lowest BCUT2D eigenvalue weighted by molar-refractivity contribution is 0.306. The summed E-state index contributed by atoms with van der Waals surface area (Å²) in [7, 11) is -3.13. The normalized spacial score (nSPS) is 16.8. The molecule has 0 spiro atoms. The second-order valence-corrected chi connectivity index (χ2v) is 9.74. The summed E-state index contributed by atoms with van der Waals surface area (Å²) in [5.74, 6) is 0.708. The Bertz CT molecular complexity index is 965. The van der Waals surface area contributed by atoms with Gasteiger partial charge < -0.3 is 15.6 Å². The number of aromatic nitrogens is 1. The summed E-state index contributed by atoms with van der Waals surface area (Å²) >= 11 is 0. The Morgan fingerprint density at radius 2 is 2.07 bits per heavy atom. The molecule has 166 valence electrons. The summed E-state index contributed by atoms with van der Waals surface area (Å²) in [5.41, 5.74) is 1.96. The van der Waals surface area contributed by atoms with Crippen LogP contribution in [0.5, 0.6) is 0 Å². The fourth-order valence-electron chi connectivity index (χ4n) is 3.82. The fraction of sp³-hybridized carbons (Fsp3) is 0.571. The summed E-state index contributed by atoms with van der Waals surface area (Å²) in [6, 6.07) is 4.94. The molecule has 1 fully saturated rings. The molecule has 1 saturated heterocycles. The van der Waals surface area contributed by atoms with Gasteiger partial charge in [0.1, 0.15) is 5.82 Å². The lowest BCUT2D eigenvalue weighted by Gasteiger charge is -2.32. The molecule has 1 aromatic heterocycles. The lowest BCUT2D eigenvalue weighted by Crippen LogP contribution is -2.50. The molecule has 1 aliphatic heterocycles. The van der Waals surface area contributed by atoms with Gasteiger partial charge in [-0.2, -0.15) is 0 Å². The minimum absolute atomic E-state index is 0.193. The molecular formula is C21H32FN5O2S. The predicted molar refractivity (Wildman–Crippen MR) is 120 cm³/mol. The van der Waals surface area contributed by atoms with Crippen molar-refractivity contribution >= 4 is 26.9 Å². The highest BCUT2D eigenvalue weighted by Gasteiger charge is 2.27. The van der Waals surface area contributed by atoms with Crippen LogP contribution in [0.2, 0.25) is 0 Å². The zero-order valence-electron chi connectivity index (χ0n) is 17.7. The maximum Gasteiger partial charge on any atom is 0.214 e. The average Bonchev–Trinajstić information content (AvgIpc) is 3.10. The van der Waals surface area contributed by atoms with Crippen molar-refractivity contribution < 1.29 is 12.8 Å². The predicted octanol–water partition coefficient (Wildman–Crippen LogP) is 2.61. The number of sulfonamides is 1. The van der Waals surface area contributed by atoms with Crippen molar-refractivity contribution in [3.8, 4) is 0 Å². The maximum atomic E-state index is 13.5. The number of halogens is 1. The first-order chi connectivity index (χ1) is 14.4. The van der Waals surface area contributed by atoms with Crippen molar-refractivity contribution in [3.05, 3.63) is 35.8 Å².